The van der Waals surface area contributed by atoms with Crippen molar-refractivity contribution in [2.45, 2.75) is 19.8 Å². The summed E-state index contributed by atoms with van der Waals surface area (Å²) in [4.78, 5) is 0. The number of rotatable bonds is 4. The number of hydrogen-bond donors (Lipinski definition) is 1. The number of nitrogens with one attached hydrogen (secondary N) is 1. The monoisotopic (exact) mass is 228 g/mol. The van der Waals surface area contributed by atoms with Crippen molar-refractivity contribution in [2.24, 2.45) is 5.92 Å². The van der Waals surface area contributed by atoms with Gasteiger partial charge in [-0.15, -0.1) is 0 Å². The summed E-state index contributed by atoms with van der Waals surface area (Å²) < 4.78 is 5.79. The van der Waals surface area contributed by atoms with Gasteiger partial charge in [-0.05, 0) is 48.9 Å². The SMILES string of the molecule is Cc1ccc(OCC2CC2)cc1-c1cn[nH]c1. The lowest BCUT2D eigenvalue weighted by molar-refractivity contribution is 0.300. The summed E-state index contributed by atoms with van der Waals surface area (Å²) in [6.07, 6.45) is 6.39. The highest BCUT2D eigenvalue weighted by atomic mass is 16.5. The smallest absolute Gasteiger partial charge is 0.119 e. The number of aromatic nitrogens is 2. The van der Waals surface area contributed by atoms with E-state index in [1.807, 2.05) is 18.5 Å². The van der Waals surface area contributed by atoms with E-state index in [9.17, 15) is 0 Å². The summed E-state index contributed by atoms with van der Waals surface area (Å²) in [7, 11) is 0. The molecule has 1 fully saturated rings. The zero-order valence-corrected chi connectivity index (χ0v) is 9.94. The van der Waals surface area contributed by atoms with E-state index in [2.05, 4.69) is 29.3 Å². The molecule has 0 radical (unpaired) electrons. The molecule has 17 heavy (non-hydrogen) atoms. The second-order valence-corrected chi connectivity index (χ2v) is 4.72. The number of aryl methyl sites for hydroxylation is 1. The Morgan fingerprint density at radius 1 is 1.41 bits per heavy atom. The molecule has 0 saturated heterocycles. The van der Waals surface area contributed by atoms with E-state index >= 15 is 0 Å². The lowest BCUT2D eigenvalue weighted by Gasteiger charge is -2.09. The predicted molar refractivity (Wildman–Crippen MR) is 67.0 cm³/mol. The van der Waals surface area contributed by atoms with Crippen LogP contribution in [0.15, 0.2) is 30.6 Å². The van der Waals surface area contributed by atoms with Gasteiger partial charge in [-0.25, -0.2) is 0 Å². The summed E-state index contributed by atoms with van der Waals surface area (Å²) >= 11 is 0. The Balaban J connectivity index is 1.83. The standard InChI is InChI=1S/C14H16N2O/c1-10-2-5-13(17-9-11-3-4-11)6-14(10)12-7-15-16-8-12/h2,5-8,11H,3-4,9H2,1H3,(H,15,16). The first-order chi connectivity index (χ1) is 8.33. The van der Waals surface area contributed by atoms with E-state index in [0.717, 1.165) is 23.8 Å². The molecule has 3 rings (SSSR count). The molecular formula is C14H16N2O. The zero-order valence-electron chi connectivity index (χ0n) is 9.94. The van der Waals surface area contributed by atoms with E-state index in [-0.39, 0.29) is 0 Å². The van der Waals surface area contributed by atoms with Crippen LogP contribution >= 0.6 is 0 Å². The normalized spacial score (nSPS) is 14.9. The minimum Gasteiger partial charge on any atom is -0.493 e. The van der Waals surface area contributed by atoms with Gasteiger partial charge in [0.2, 0.25) is 0 Å². The van der Waals surface area contributed by atoms with E-state index in [0.29, 0.717) is 0 Å². The van der Waals surface area contributed by atoms with Crippen LogP contribution in [0.25, 0.3) is 11.1 Å². The second kappa shape index (κ2) is 4.24. The van der Waals surface area contributed by atoms with Crippen molar-refractivity contribution in [1.82, 2.24) is 10.2 Å². The average molecular weight is 228 g/mol. The van der Waals surface area contributed by atoms with Crippen LogP contribution in [-0.2, 0) is 0 Å². The van der Waals surface area contributed by atoms with Crippen molar-refractivity contribution in [3.63, 3.8) is 0 Å². The van der Waals surface area contributed by atoms with Crippen molar-refractivity contribution in [3.05, 3.63) is 36.2 Å². The number of H-pyrrole nitrogens is 1. The number of ether oxygens (including phenoxy) is 1. The van der Waals surface area contributed by atoms with Gasteiger partial charge in [0.05, 0.1) is 12.8 Å². The zero-order chi connectivity index (χ0) is 11.7. The average Bonchev–Trinajstić information content (AvgIpc) is 3.01. The maximum atomic E-state index is 5.79. The van der Waals surface area contributed by atoms with E-state index in [1.54, 1.807) is 0 Å². The van der Waals surface area contributed by atoms with Gasteiger partial charge in [-0.2, -0.15) is 5.10 Å². The minimum atomic E-state index is 0.786. The predicted octanol–water partition coefficient (Wildman–Crippen LogP) is 3.17. The third-order valence-corrected chi connectivity index (χ3v) is 3.20. The Morgan fingerprint density at radius 3 is 3.00 bits per heavy atom. The summed E-state index contributed by atoms with van der Waals surface area (Å²) in [6, 6.07) is 6.24. The van der Waals surface area contributed by atoms with Crippen LogP contribution < -0.4 is 4.74 Å². The fraction of sp³-hybridized carbons (Fsp3) is 0.357. The number of benzene rings is 1. The van der Waals surface area contributed by atoms with Crippen LogP contribution in [0.1, 0.15) is 18.4 Å². The molecule has 88 valence electrons. The van der Waals surface area contributed by atoms with Crippen molar-refractivity contribution in [2.75, 3.05) is 6.61 Å². The molecule has 2 aromatic rings. The largest absolute Gasteiger partial charge is 0.493 e. The van der Waals surface area contributed by atoms with Gasteiger partial charge in [0.1, 0.15) is 5.75 Å². The Kier molecular flexibility index (Phi) is 2.59. The molecule has 0 bridgehead atoms. The van der Waals surface area contributed by atoms with E-state index in [1.165, 1.54) is 24.0 Å². The molecule has 0 amide bonds. The minimum absolute atomic E-state index is 0.786. The van der Waals surface area contributed by atoms with Gasteiger partial charge < -0.3 is 4.74 Å². The molecule has 1 heterocycles. The summed E-state index contributed by atoms with van der Waals surface area (Å²) in [5, 5.41) is 6.83. The van der Waals surface area contributed by atoms with E-state index < -0.39 is 0 Å². The van der Waals surface area contributed by atoms with E-state index in [4.69, 9.17) is 4.74 Å². The quantitative estimate of drug-likeness (QED) is 0.872. The molecule has 1 aromatic heterocycles. The summed E-state index contributed by atoms with van der Waals surface area (Å²) in [5.74, 6) is 1.74. The molecule has 3 heteroatoms. The van der Waals surface area contributed by atoms with Crippen LogP contribution in [0.2, 0.25) is 0 Å². The highest BCUT2D eigenvalue weighted by Crippen LogP contribution is 2.31. The molecule has 0 unspecified atom stereocenters. The fourth-order valence-electron chi connectivity index (χ4n) is 1.90. The number of aromatic amines is 1. The number of hydrogen-bond acceptors (Lipinski definition) is 2. The van der Waals surface area contributed by atoms with Crippen LogP contribution in [0, 0.1) is 12.8 Å². The third kappa shape index (κ3) is 2.33. The van der Waals surface area contributed by atoms with Gasteiger partial charge >= 0.3 is 0 Å². The van der Waals surface area contributed by atoms with Crippen molar-refractivity contribution in [1.29, 1.82) is 0 Å². The van der Waals surface area contributed by atoms with Gasteiger partial charge in [-0.3, -0.25) is 5.10 Å². The van der Waals surface area contributed by atoms with Gasteiger partial charge in [0, 0.05) is 11.8 Å². The van der Waals surface area contributed by atoms with Crippen LogP contribution in [0.3, 0.4) is 0 Å². The van der Waals surface area contributed by atoms with Crippen LogP contribution in [0.4, 0.5) is 0 Å². The van der Waals surface area contributed by atoms with Crippen LogP contribution in [-0.4, -0.2) is 16.8 Å². The fourth-order valence-corrected chi connectivity index (χ4v) is 1.90. The summed E-state index contributed by atoms with van der Waals surface area (Å²) in [6.45, 7) is 2.96. The maximum absolute atomic E-state index is 5.79. The molecule has 1 aliphatic rings. The Labute approximate surface area is 101 Å². The molecule has 1 aliphatic carbocycles. The first-order valence-electron chi connectivity index (χ1n) is 6.05. The maximum Gasteiger partial charge on any atom is 0.119 e. The van der Waals surface area contributed by atoms with Gasteiger partial charge in [0.25, 0.3) is 0 Å². The molecule has 1 aromatic carbocycles. The Bertz CT molecular complexity index is 501. The molecule has 0 atom stereocenters. The van der Waals surface area contributed by atoms with Gasteiger partial charge in [-0.1, -0.05) is 6.07 Å². The molecule has 0 spiro atoms. The lowest BCUT2D eigenvalue weighted by atomic mass is 10.0. The number of nitrogens with zero attached hydrogens (tertiary/aromatic N) is 1. The molecule has 1 N–H and O–H groups in total. The second-order valence-electron chi connectivity index (χ2n) is 4.72. The Morgan fingerprint density at radius 2 is 2.29 bits per heavy atom. The third-order valence-electron chi connectivity index (χ3n) is 3.20. The Hall–Kier alpha value is -1.77. The molecular weight excluding hydrogens is 212 g/mol. The van der Waals surface area contributed by atoms with Crippen LogP contribution in [0.5, 0.6) is 5.75 Å². The molecule has 0 aliphatic heterocycles. The topological polar surface area (TPSA) is 37.9 Å². The molecule has 1 saturated carbocycles. The van der Waals surface area contributed by atoms with Crippen molar-refractivity contribution in [3.8, 4) is 16.9 Å². The first-order valence-corrected chi connectivity index (χ1v) is 6.05. The summed E-state index contributed by atoms with van der Waals surface area (Å²) in [5.41, 5.74) is 3.54. The first kappa shape index (κ1) is 10.4. The van der Waals surface area contributed by atoms with Crippen molar-refractivity contribution >= 4 is 0 Å². The van der Waals surface area contributed by atoms with Crippen molar-refractivity contribution < 1.29 is 4.74 Å². The lowest BCUT2D eigenvalue weighted by Crippen LogP contribution is -1.99. The highest BCUT2D eigenvalue weighted by molar-refractivity contribution is 5.67. The highest BCUT2D eigenvalue weighted by Gasteiger charge is 2.21. The van der Waals surface area contributed by atoms with Gasteiger partial charge in [0.15, 0.2) is 0 Å². The molecule has 3 nitrogen and oxygen atoms in total.